The maximum atomic E-state index is 13.2. The molecule has 0 aliphatic carbocycles. The van der Waals surface area contributed by atoms with Gasteiger partial charge in [0.15, 0.2) is 5.78 Å². The summed E-state index contributed by atoms with van der Waals surface area (Å²) in [5.74, 6) is -0.320. The summed E-state index contributed by atoms with van der Waals surface area (Å²) in [7, 11) is 0. The van der Waals surface area contributed by atoms with Crippen molar-refractivity contribution in [3.63, 3.8) is 0 Å². The molecule has 8 nitrogen and oxygen atoms in total. The molecule has 5 aromatic rings. The average molecular weight is 537 g/mol. The van der Waals surface area contributed by atoms with Gasteiger partial charge in [-0.2, -0.15) is 18.3 Å². The Labute approximate surface area is 217 Å². The molecule has 38 heavy (non-hydrogen) atoms. The largest absolute Gasteiger partial charge is 0.417 e. The number of rotatable bonds is 5. The molecule has 0 radical (unpaired) electrons. The molecule has 0 saturated carbocycles. The second-order valence-corrected chi connectivity index (χ2v) is 8.53. The minimum absolute atomic E-state index is 0.0986. The van der Waals surface area contributed by atoms with Gasteiger partial charge in [0.25, 0.3) is 0 Å². The number of urea groups is 1. The van der Waals surface area contributed by atoms with Gasteiger partial charge < -0.3 is 10.6 Å². The van der Waals surface area contributed by atoms with Gasteiger partial charge in [-0.25, -0.2) is 9.78 Å². The average Bonchev–Trinajstić information content (AvgIpc) is 3.43. The van der Waals surface area contributed by atoms with Crippen LogP contribution in [0, 0.1) is 0 Å². The fraction of sp³-hybridized carbons (Fsp3) is 0.0385. The zero-order valence-electron chi connectivity index (χ0n) is 19.2. The van der Waals surface area contributed by atoms with E-state index in [1.165, 1.54) is 12.1 Å². The van der Waals surface area contributed by atoms with E-state index in [0.29, 0.717) is 22.3 Å². The Morgan fingerprint density at radius 2 is 1.63 bits per heavy atom. The Bertz CT molecular complexity index is 1670. The van der Waals surface area contributed by atoms with Crippen molar-refractivity contribution in [3.05, 3.63) is 101 Å². The molecule has 0 aliphatic heterocycles. The highest BCUT2D eigenvalue weighted by molar-refractivity contribution is 6.31. The third kappa shape index (κ3) is 5.32. The lowest BCUT2D eigenvalue weighted by molar-refractivity contribution is -0.137. The number of nitrogens with one attached hydrogen (secondary N) is 3. The quantitative estimate of drug-likeness (QED) is 0.220. The first kappa shape index (κ1) is 24.9. The maximum absolute atomic E-state index is 13.2. The molecule has 0 aliphatic rings. The molecule has 0 fully saturated rings. The van der Waals surface area contributed by atoms with E-state index in [0.717, 1.165) is 17.7 Å². The van der Waals surface area contributed by atoms with E-state index in [2.05, 4.69) is 30.8 Å². The van der Waals surface area contributed by atoms with Crippen molar-refractivity contribution in [1.82, 2.24) is 20.2 Å². The number of fused-ring (bicyclic) bond motifs is 1. The molecule has 0 saturated heterocycles. The minimum Gasteiger partial charge on any atom is -0.308 e. The number of ketones is 1. The van der Waals surface area contributed by atoms with Gasteiger partial charge in [0.2, 0.25) is 0 Å². The first-order valence-electron chi connectivity index (χ1n) is 11.0. The Hall–Kier alpha value is -4.77. The van der Waals surface area contributed by atoms with E-state index in [9.17, 15) is 22.8 Å². The molecule has 3 aromatic carbocycles. The van der Waals surface area contributed by atoms with Crippen molar-refractivity contribution >= 4 is 45.8 Å². The van der Waals surface area contributed by atoms with Crippen molar-refractivity contribution < 1.29 is 22.8 Å². The summed E-state index contributed by atoms with van der Waals surface area (Å²) in [5, 5.41) is 11.0. The van der Waals surface area contributed by atoms with Gasteiger partial charge in [-0.1, -0.05) is 23.7 Å². The topological polar surface area (TPSA) is 113 Å². The van der Waals surface area contributed by atoms with Crippen LogP contribution in [0.3, 0.4) is 0 Å². The summed E-state index contributed by atoms with van der Waals surface area (Å²) >= 11 is 5.62. The highest BCUT2D eigenvalue weighted by Crippen LogP contribution is 2.36. The molecule has 0 atom stereocenters. The lowest BCUT2D eigenvalue weighted by Crippen LogP contribution is -2.20. The molecular formula is C26H16ClF3N6O2. The third-order valence-corrected chi connectivity index (χ3v) is 5.84. The van der Waals surface area contributed by atoms with E-state index >= 15 is 0 Å². The molecule has 12 heteroatoms. The van der Waals surface area contributed by atoms with Crippen molar-refractivity contribution in [2.45, 2.75) is 6.18 Å². The number of alkyl halides is 3. The minimum atomic E-state index is -4.67. The number of carbonyl (C=O) groups is 2. The summed E-state index contributed by atoms with van der Waals surface area (Å²) in [6.45, 7) is 0. The van der Waals surface area contributed by atoms with Gasteiger partial charge >= 0.3 is 12.2 Å². The monoisotopic (exact) mass is 536 g/mol. The number of aromatic amines is 1. The van der Waals surface area contributed by atoms with Crippen LogP contribution < -0.4 is 10.6 Å². The fourth-order valence-electron chi connectivity index (χ4n) is 3.70. The number of amides is 2. The SMILES string of the molecule is O=C(Nc1cccc(C(=O)c2ccc3ncc(-c4cn[nH]c4)nc3c2)c1)Nc1ccc(Cl)c(C(F)(F)F)c1. The van der Waals surface area contributed by atoms with E-state index in [-0.39, 0.29) is 22.7 Å². The lowest BCUT2D eigenvalue weighted by atomic mass is 10.0. The molecule has 0 spiro atoms. The van der Waals surface area contributed by atoms with Crippen molar-refractivity contribution in [2.75, 3.05) is 10.6 Å². The molecule has 190 valence electrons. The predicted molar refractivity (Wildman–Crippen MR) is 136 cm³/mol. The normalized spacial score (nSPS) is 11.4. The lowest BCUT2D eigenvalue weighted by Gasteiger charge is -2.12. The molecule has 0 bridgehead atoms. The maximum Gasteiger partial charge on any atom is 0.417 e. The predicted octanol–water partition coefficient (Wildman–Crippen LogP) is 6.57. The zero-order valence-corrected chi connectivity index (χ0v) is 19.9. The van der Waals surface area contributed by atoms with Crippen LogP contribution in [0.2, 0.25) is 5.02 Å². The van der Waals surface area contributed by atoms with Gasteiger partial charge in [-0.05, 0) is 48.5 Å². The van der Waals surface area contributed by atoms with Crippen LogP contribution in [-0.2, 0) is 6.18 Å². The number of nitrogens with zero attached hydrogens (tertiary/aromatic N) is 3. The number of anilines is 2. The van der Waals surface area contributed by atoms with Crippen LogP contribution in [0.25, 0.3) is 22.3 Å². The molecule has 0 unspecified atom stereocenters. The number of H-pyrrole nitrogens is 1. The van der Waals surface area contributed by atoms with Crippen molar-refractivity contribution in [2.24, 2.45) is 0 Å². The smallest absolute Gasteiger partial charge is 0.308 e. The van der Waals surface area contributed by atoms with Crippen LogP contribution in [0.15, 0.2) is 79.3 Å². The van der Waals surface area contributed by atoms with Gasteiger partial charge in [-0.3, -0.25) is 14.9 Å². The molecular weight excluding hydrogens is 521 g/mol. The number of benzene rings is 3. The standard InChI is InChI=1S/C26H16ClF3N6O2/c27-20-6-5-18(10-19(20)26(28,29)30)35-25(38)34-17-3-1-2-14(8-17)24(37)15-4-7-21-22(9-15)36-23(13-31-21)16-11-32-33-12-16/h1-13H,(H,32,33)(H2,34,35,38). The number of aromatic nitrogens is 4. The highest BCUT2D eigenvalue weighted by atomic mass is 35.5. The van der Waals surface area contributed by atoms with Gasteiger partial charge in [-0.15, -0.1) is 0 Å². The molecule has 2 aromatic heterocycles. The molecule has 5 rings (SSSR count). The van der Waals surface area contributed by atoms with E-state index < -0.39 is 22.8 Å². The number of halogens is 4. The first-order chi connectivity index (χ1) is 18.2. The molecule has 2 amide bonds. The summed E-state index contributed by atoms with van der Waals surface area (Å²) in [6.07, 6.45) is 0.237. The fourth-order valence-corrected chi connectivity index (χ4v) is 3.93. The summed E-state index contributed by atoms with van der Waals surface area (Å²) in [5.41, 5.74) is 2.21. The van der Waals surface area contributed by atoms with Crippen molar-refractivity contribution in [3.8, 4) is 11.3 Å². The highest BCUT2D eigenvalue weighted by Gasteiger charge is 2.33. The van der Waals surface area contributed by atoms with Gasteiger partial charge in [0.05, 0.1) is 39.7 Å². The zero-order chi connectivity index (χ0) is 26.9. The van der Waals surface area contributed by atoms with E-state index in [4.69, 9.17) is 11.6 Å². The number of hydrogen-bond acceptors (Lipinski definition) is 5. The second kappa shape index (κ2) is 9.94. The van der Waals surface area contributed by atoms with E-state index in [1.54, 1.807) is 55.0 Å². The Morgan fingerprint density at radius 1 is 0.868 bits per heavy atom. The second-order valence-electron chi connectivity index (χ2n) is 8.13. The van der Waals surface area contributed by atoms with Gasteiger partial charge in [0.1, 0.15) is 0 Å². The number of carbonyl (C=O) groups excluding carboxylic acids is 2. The number of hydrogen-bond donors (Lipinski definition) is 3. The summed E-state index contributed by atoms with van der Waals surface area (Å²) in [6, 6.07) is 13.3. The van der Waals surface area contributed by atoms with E-state index in [1.807, 2.05) is 0 Å². The van der Waals surface area contributed by atoms with Crippen LogP contribution in [-0.4, -0.2) is 32.0 Å². The first-order valence-corrected chi connectivity index (χ1v) is 11.4. The summed E-state index contributed by atoms with van der Waals surface area (Å²) < 4.78 is 39.3. The Morgan fingerprint density at radius 3 is 2.37 bits per heavy atom. The van der Waals surface area contributed by atoms with Gasteiger partial charge in [0, 0.05) is 34.3 Å². The molecule has 3 N–H and O–H groups in total. The molecule has 2 heterocycles. The Kier molecular flexibility index (Phi) is 6.52. The van der Waals surface area contributed by atoms with Crippen LogP contribution in [0.4, 0.5) is 29.3 Å². The Balaban J connectivity index is 1.33. The third-order valence-electron chi connectivity index (χ3n) is 5.51. The van der Waals surface area contributed by atoms with Crippen molar-refractivity contribution in [1.29, 1.82) is 0 Å². The van der Waals surface area contributed by atoms with Crippen LogP contribution >= 0.6 is 11.6 Å². The van der Waals surface area contributed by atoms with Crippen LogP contribution in [0.1, 0.15) is 21.5 Å². The van der Waals surface area contributed by atoms with Crippen LogP contribution in [0.5, 0.6) is 0 Å². The summed E-state index contributed by atoms with van der Waals surface area (Å²) in [4.78, 5) is 34.5.